The van der Waals surface area contributed by atoms with Crippen molar-refractivity contribution in [1.82, 2.24) is 15.6 Å². The van der Waals surface area contributed by atoms with Crippen LogP contribution in [0.25, 0.3) is 11.1 Å². The molecule has 3 aromatic rings. The standard InChI is InChI=1S/C23H23ClN4O2/c1-16(29)26-13-12-25-15-17-10-11-27-21(14-17)28-23(30)20-9-5-8-19(22(20)24)18-6-3-2-4-7-18/h2-11,14,25H,12-13,15H2,1H3,(H,26,29)(H,27,28,30). The molecular formula is C23H23ClN4O2. The maximum atomic E-state index is 12.8. The Balaban J connectivity index is 1.66. The number of anilines is 1. The molecule has 30 heavy (non-hydrogen) atoms. The summed E-state index contributed by atoms with van der Waals surface area (Å²) in [6, 6.07) is 18.8. The van der Waals surface area contributed by atoms with Crippen molar-refractivity contribution in [2.75, 3.05) is 18.4 Å². The van der Waals surface area contributed by atoms with E-state index in [-0.39, 0.29) is 11.8 Å². The summed E-state index contributed by atoms with van der Waals surface area (Å²) in [5, 5.41) is 9.17. The summed E-state index contributed by atoms with van der Waals surface area (Å²) < 4.78 is 0. The third-order valence-corrected chi connectivity index (χ3v) is 4.81. The molecule has 0 aliphatic rings. The lowest BCUT2D eigenvalue weighted by atomic mass is 10.0. The zero-order valence-corrected chi connectivity index (χ0v) is 17.4. The molecule has 1 aromatic heterocycles. The molecule has 0 aliphatic heterocycles. The Morgan fingerprint density at radius 2 is 1.80 bits per heavy atom. The van der Waals surface area contributed by atoms with E-state index in [0.29, 0.717) is 36.0 Å². The van der Waals surface area contributed by atoms with E-state index in [1.165, 1.54) is 6.92 Å². The molecule has 0 saturated carbocycles. The lowest BCUT2D eigenvalue weighted by Gasteiger charge is -2.11. The normalized spacial score (nSPS) is 10.5. The number of pyridine rings is 1. The van der Waals surface area contributed by atoms with Gasteiger partial charge in [0.1, 0.15) is 5.82 Å². The van der Waals surface area contributed by atoms with Gasteiger partial charge >= 0.3 is 0 Å². The molecule has 6 nitrogen and oxygen atoms in total. The lowest BCUT2D eigenvalue weighted by Crippen LogP contribution is -2.29. The van der Waals surface area contributed by atoms with Crippen molar-refractivity contribution >= 4 is 29.2 Å². The fourth-order valence-corrected chi connectivity index (χ4v) is 3.26. The van der Waals surface area contributed by atoms with Gasteiger partial charge in [0.25, 0.3) is 5.91 Å². The van der Waals surface area contributed by atoms with Gasteiger partial charge in [0.15, 0.2) is 0 Å². The van der Waals surface area contributed by atoms with Crippen LogP contribution < -0.4 is 16.0 Å². The molecule has 3 rings (SSSR count). The Bertz CT molecular complexity index is 1020. The van der Waals surface area contributed by atoms with Crippen molar-refractivity contribution in [1.29, 1.82) is 0 Å². The third kappa shape index (κ3) is 5.89. The largest absolute Gasteiger partial charge is 0.355 e. The molecule has 1 heterocycles. The predicted molar refractivity (Wildman–Crippen MR) is 119 cm³/mol. The summed E-state index contributed by atoms with van der Waals surface area (Å²) in [6.45, 7) is 3.28. The highest BCUT2D eigenvalue weighted by atomic mass is 35.5. The molecule has 7 heteroatoms. The van der Waals surface area contributed by atoms with Crippen molar-refractivity contribution in [3.8, 4) is 11.1 Å². The van der Waals surface area contributed by atoms with Crippen molar-refractivity contribution in [2.24, 2.45) is 0 Å². The van der Waals surface area contributed by atoms with Crippen LogP contribution in [0.5, 0.6) is 0 Å². The van der Waals surface area contributed by atoms with E-state index < -0.39 is 0 Å². The number of amides is 2. The minimum Gasteiger partial charge on any atom is -0.355 e. The Kier molecular flexibility index (Phi) is 7.54. The molecule has 0 saturated heterocycles. The Morgan fingerprint density at radius 1 is 1.00 bits per heavy atom. The second kappa shape index (κ2) is 10.5. The smallest absolute Gasteiger partial charge is 0.258 e. The Hall–Kier alpha value is -3.22. The molecule has 0 atom stereocenters. The Labute approximate surface area is 180 Å². The van der Waals surface area contributed by atoms with Crippen LogP contribution in [0.4, 0.5) is 5.82 Å². The molecule has 0 aliphatic carbocycles. The fourth-order valence-electron chi connectivity index (χ4n) is 2.94. The number of carbonyl (C=O) groups excluding carboxylic acids is 2. The first-order valence-electron chi connectivity index (χ1n) is 9.60. The molecule has 154 valence electrons. The number of hydrogen-bond donors (Lipinski definition) is 3. The fraction of sp³-hybridized carbons (Fsp3) is 0.174. The summed E-state index contributed by atoms with van der Waals surface area (Å²) in [6.07, 6.45) is 1.64. The zero-order chi connectivity index (χ0) is 21.3. The van der Waals surface area contributed by atoms with Gasteiger partial charge in [0.2, 0.25) is 5.91 Å². The van der Waals surface area contributed by atoms with E-state index >= 15 is 0 Å². The van der Waals surface area contributed by atoms with Crippen LogP contribution in [0, 0.1) is 0 Å². The molecule has 2 amide bonds. The Morgan fingerprint density at radius 3 is 2.57 bits per heavy atom. The lowest BCUT2D eigenvalue weighted by molar-refractivity contribution is -0.118. The summed E-state index contributed by atoms with van der Waals surface area (Å²) in [4.78, 5) is 27.9. The van der Waals surface area contributed by atoms with Crippen molar-refractivity contribution in [3.05, 3.63) is 83.0 Å². The van der Waals surface area contributed by atoms with Crippen LogP contribution in [-0.4, -0.2) is 29.9 Å². The molecule has 0 unspecified atom stereocenters. The highest BCUT2D eigenvalue weighted by molar-refractivity contribution is 6.37. The van der Waals surface area contributed by atoms with E-state index in [1.807, 2.05) is 48.5 Å². The first kappa shape index (κ1) is 21.5. The van der Waals surface area contributed by atoms with Gasteiger partial charge in [-0.25, -0.2) is 4.98 Å². The number of rotatable bonds is 8. The molecule has 3 N–H and O–H groups in total. The molecule has 0 spiro atoms. The first-order valence-corrected chi connectivity index (χ1v) is 9.98. The van der Waals surface area contributed by atoms with Crippen molar-refractivity contribution < 1.29 is 9.59 Å². The minimum atomic E-state index is -0.318. The molecule has 0 radical (unpaired) electrons. The van der Waals surface area contributed by atoms with Crippen molar-refractivity contribution in [3.63, 3.8) is 0 Å². The van der Waals surface area contributed by atoms with Gasteiger partial charge in [-0.15, -0.1) is 0 Å². The monoisotopic (exact) mass is 422 g/mol. The topological polar surface area (TPSA) is 83.1 Å². The molecular weight excluding hydrogens is 400 g/mol. The maximum absolute atomic E-state index is 12.8. The average molecular weight is 423 g/mol. The zero-order valence-electron chi connectivity index (χ0n) is 16.6. The van der Waals surface area contributed by atoms with Gasteiger partial charge in [0, 0.05) is 38.3 Å². The summed E-state index contributed by atoms with van der Waals surface area (Å²) in [5.41, 5.74) is 3.10. The van der Waals surface area contributed by atoms with Gasteiger partial charge in [-0.05, 0) is 29.3 Å². The number of carbonyl (C=O) groups is 2. The quantitative estimate of drug-likeness (QED) is 0.481. The molecule has 0 bridgehead atoms. The number of hydrogen-bond acceptors (Lipinski definition) is 4. The maximum Gasteiger partial charge on any atom is 0.258 e. The highest BCUT2D eigenvalue weighted by Gasteiger charge is 2.15. The number of halogens is 1. The summed E-state index contributed by atoms with van der Waals surface area (Å²) in [5.74, 6) is 0.0732. The predicted octanol–water partition coefficient (Wildman–Crippen LogP) is 3.88. The summed E-state index contributed by atoms with van der Waals surface area (Å²) in [7, 11) is 0. The number of aromatic nitrogens is 1. The molecule has 2 aromatic carbocycles. The highest BCUT2D eigenvalue weighted by Crippen LogP contribution is 2.31. The van der Waals surface area contributed by atoms with Crippen LogP contribution in [0.1, 0.15) is 22.8 Å². The van der Waals surface area contributed by atoms with E-state index in [2.05, 4.69) is 20.9 Å². The van der Waals surface area contributed by atoms with Crippen LogP contribution >= 0.6 is 11.6 Å². The van der Waals surface area contributed by atoms with E-state index in [1.54, 1.807) is 18.3 Å². The summed E-state index contributed by atoms with van der Waals surface area (Å²) >= 11 is 6.53. The minimum absolute atomic E-state index is 0.0549. The van der Waals surface area contributed by atoms with Gasteiger partial charge in [0.05, 0.1) is 10.6 Å². The second-order valence-corrected chi connectivity index (χ2v) is 7.07. The second-order valence-electron chi connectivity index (χ2n) is 6.70. The van der Waals surface area contributed by atoms with Gasteiger partial charge < -0.3 is 16.0 Å². The van der Waals surface area contributed by atoms with Gasteiger partial charge in [-0.2, -0.15) is 0 Å². The van der Waals surface area contributed by atoms with E-state index in [0.717, 1.165) is 16.7 Å². The number of benzene rings is 2. The van der Waals surface area contributed by atoms with Crippen LogP contribution in [0.3, 0.4) is 0 Å². The van der Waals surface area contributed by atoms with Crippen LogP contribution in [0.15, 0.2) is 66.9 Å². The first-order chi connectivity index (χ1) is 14.5. The van der Waals surface area contributed by atoms with E-state index in [9.17, 15) is 9.59 Å². The molecule has 0 fully saturated rings. The van der Waals surface area contributed by atoms with Crippen molar-refractivity contribution in [2.45, 2.75) is 13.5 Å². The number of nitrogens with one attached hydrogen (secondary N) is 3. The van der Waals surface area contributed by atoms with E-state index in [4.69, 9.17) is 11.6 Å². The van der Waals surface area contributed by atoms with Gasteiger partial charge in [-0.3, -0.25) is 9.59 Å². The van der Waals surface area contributed by atoms with Crippen LogP contribution in [-0.2, 0) is 11.3 Å². The van der Waals surface area contributed by atoms with Gasteiger partial charge in [-0.1, -0.05) is 54.1 Å². The third-order valence-electron chi connectivity index (χ3n) is 4.40. The SMILES string of the molecule is CC(=O)NCCNCc1ccnc(NC(=O)c2cccc(-c3ccccc3)c2Cl)c1. The average Bonchev–Trinajstić information content (AvgIpc) is 2.74. The number of nitrogens with zero attached hydrogens (tertiary/aromatic N) is 1. The van der Waals surface area contributed by atoms with Crippen LogP contribution in [0.2, 0.25) is 5.02 Å².